The van der Waals surface area contributed by atoms with Crippen LogP contribution in [0.2, 0.25) is 0 Å². The average molecular weight is 532 g/mol. The Balaban J connectivity index is 1.25. The molecule has 1 heteroatoms. The highest BCUT2D eigenvalue weighted by Gasteiger charge is 2.17. The third-order valence-electron chi connectivity index (χ3n) is 8.06. The van der Waals surface area contributed by atoms with Gasteiger partial charge in [-0.05, 0) is 91.3 Å². The van der Waals surface area contributed by atoms with E-state index in [1.165, 1.54) is 56.0 Å². The smallest absolute Gasteiger partial charge is 0.0461 e. The molecule has 202 valence electrons. The number of anilines is 2. The molecular weight excluding hydrogens is 494 g/mol. The molecule has 0 amide bonds. The molecule has 41 heavy (non-hydrogen) atoms. The fraction of sp³-hybridized carbons (Fsp3) is 0.150. The van der Waals surface area contributed by atoms with Gasteiger partial charge in [0, 0.05) is 23.0 Å². The lowest BCUT2D eigenvalue weighted by molar-refractivity contribution is 0.804. The quantitative estimate of drug-likeness (QED) is 0.192. The average Bonchev–Trinajstić information content (AvgIpc) is 3.02. The van der Waals surface area contributed by atoms with E-state index in [0.29, 0.717) is 5.92 Å². The van der Waals surface area contributed by atoms with E-state index in [4.69, 9.17) is 0 Å². The molecule has 0 saturated carbocycles. The first-order chi connectivity index (χ1) is 20.1. The van der Waals surface area contributed by atoms with Crippen molar-refractivity contribution in [3.63, 3.8) is 0 Å². The molecule has 1 aliphatic rings. The van der Waals surface area contributed by atoms with E-state index in [1.54, 1.807) is 0 Å². The van der Waals surface area contributed by atoms with Gasteiger partial charge < -0.3 is 4.90 Å². The summed E-state index contributed by atoms with van der Waals surface area (Å²) >= 11 is 0. The molecular formula is C40H37N. The van der Waals surface area contributed by atoms with E-state index in [1.807, 2.05) is 0 Å². The van der Waals surface area contributed by atoms with Crippen molar-refractivity contribution in [2.45, 2.75) is 39.0 Å². The lowest BCUT2D eigenvalue weighted by Gasteiger charge is -2.28. The van der Waals surface area contributed by atoms with Crippen molar-refractivity contribution >= 4 is 11.4 Å². The summed E-state index contributed by atoms with van der Waals surface area (Å²) < 4.78 is 0. The highest BCUT2D eigenvalue weighted by atomic mass is 15.1. The summed E-state index contributed by atoms with van der Waals surface area (Å²) in [6, 6.07) is 48.6. The Morgan fingerprint density at radius 1 is 0.610 bits per heavy atom. The topological polar surface area (TPSA) is 3.24 Å². The number of benzene rings is 5. The van der Waals surface area contributed by atoms with Crippen molar-refractivity contribution in [1.82, 2.24) is 0 Å². The zero-order valence-corrected chi connectivity index (χ0v) is 24.0. The first kappa shape index (κ1) is 26.6. The molecule has 5 aromatic carbocycles. The molecule has 0 aromatic heterocycles. The van der Waals surface area contributed by atoms with Gasteiger partial charge in [0.1, 0.15) is 0 Å². The van der Waals surface area contributed by atoms with Crippen LogP contribution in [-0.2, 0) is 6.42 Å². The molecule has 0 bridgehead atoms. The fourth-order valence-electron chi connectivity index (χ4n) is 5.88. The minimum atomic E-state index is 0.331. The van der Waals surface area contributed by atoms with Gasteiger partial charge >= 0.3 is 0 Å². The summed E-state index contributed by atoms with van der Waals surface area (Å²) in [6.45, 7) is 4.40. The van der Waals surface area contributed by atoms with Gasteiger partial charge in [0.2, 0.25) is 0 Å². The fourth-order valence-corrected chi connectivity index (χ4v) is 5.88. The molecule has 1 unspecified atom stereocenters. The maximum absolute atomic E-state index is 2.37. The molecule has 5 aromatic rings. The number of para-hydroxylation sites is 1. The second-order valence-corrected chi connectivity index (χ2v) is 11.2. The summed E-state index contributed by atoms with van der Waals surface area (Å²) in [5.74, 6) is 0.331. The molecule has 0 aliphatic heterocycles. The summed E-state index contributed by atoms with van der Waals surface area (Å²) in [4.78, 5) is 2.37. The van der Waals surface area contributed by atoms with Crippen LogP contribution in [0.3, 0.4) is 0 Å². The van der Waals surface area contributed by atoms with Crippen molar-refractivity contribution in [2.24, 2.45) is 0 Å². The molecule has 1 aliphatic carbocycles. The number of aryl methyl sites for hydroxylation is 1. The van der Waals surface area contributed by atoms with Crippen LogP contribution in [0, 0.1) is 6.92 Å². The van der Waals surface area contributed by atoms with Crippen LogP contribution in [0.4, 0.5) is 11.4 Å². The Morgan fingerprint density at radius 3 is 1.88 bits per heavy atom. The maximum atomic E-state index is 2.37. The van der Waals surface area contributed by atoms with E-state index in [-0.39, 0.29) is 0 Å². The predicted octanol–water partition coefficient (Wildman–Crippen LogP) is 10.8. The third-order valence-corrected chi connectivity index (χ3v) is 8.06. The van der Waals surface area contributed by atoms with E-state index >= 15 is 0 Å². The van der Waals surface area contributed by atoms with E-state index in [9.17, 15) is 0 Å². The van der Waals surface area contributed by atoms with Crippen LogP contribution in [-0.4, -0.2) is 0 Å². The molecule has 0 fully saturated rings. The number of rotatable bonds is 8. The number of hydrogen-bond donors (Lipinski definition) is 0. The van der Waals surface area contributed by atoms with Crippen LogP contribution in [0.15, 0.2) is 157 Å². The van der Waals surface area contributed by atoms with Crippen molar-refractivity contribution in [3.8, 4) is 11.1 Å². The normalized spacial score (nSPS) is 13.7. The minimum Gasteiger partial charge on any atom is -0.311 e. The number of hydrogen-bond acceptors (Lipinski definition) is 1. The molecule has 1 atom stereocenters. The minimum absolute atomic E-state index is 0.331. The predicted molar refractivity (Wildman–Crippen MR) is 175 cm³/mol. The van der Waals surface area contributed by atoms with Crippen LogP contribution < -0.4 is 4.90 Å². The molecule has 1 nitrogen and oxygen atoms in total. The van der Waals surface area contributed by atoms with Crippen LogP contribution in [0.5, 0.6) is 0 Å². The summed E-state index contributed by atoms with van der Waals surface area (Å²) in [6.07, 6.45) is 7.87. The summed E-state index contributed by atoms with van der Waals surface area (Å²) in [5, 5.41) is 0. The van der Waals surface area contributed by atoms with Crippen molar-refractivity contribution in [2.75, 3.05) is 4.90 Å². The van der Waals surface area contributed by atoms with Gasteiger partial charge in [-0.15, -0.1) is 0 Å². The monoisotopic (exact) mass is 531 g/mol. The molecule has 0 heterocycles. The zero-order chi connectivity index (χ0) is 28.0. The SMILES string of the molecule is CC1=CC(N(c2ccccc2)c2ccc(-c3ccc(CC(c4ccccc4)c4cccc(C)c4)cc3)cc2)=CCC1. The van der Waals surface area contributed by atoms with Crippen molar-refractivity contribution < 1.29 is 0 Å². The Bertz CT molecular complexity index is 1640. The standard InChI is InChI=1S/C40H37N/c1-30-11-9-15-36(27-30)40(35-13-5-3-6-14-35)29-32-19-21-33(22-20-32)34-23-25-38(26-24-34)41(37-16-7-4-8-17-37)39-18-10-12-31(2)28-39/h3-9,11,13-28,40H,10,12,29H2,1-2H3. The van der Waals surface area contributed by atoms with Gasteiger partial charge in [-0.25, -0.2) is 0 Å². The van der Waals surface area contributed by atoms with Gasteiger partial charge in [-0.3, -0.25) is 0 Å². The largest absolute Gasteiger partial charge is 0.311 e. The van der Waals surface area contributed by atoms with Crippen LogP contribution in [0.25, 0.3) is 11.1 Å². The molecule has 0 spiro atoms. The van der Waals surface area contributed by atoms with E-state index < -0.39 is 0 Å². The maximum Gasteiger partial charge on any atom is 0.0461 e. The van der Waals surface area contributed by atoms with Crippen molar-refractivity contribution in [1.29, 1.82) is 0 Å². The van der Waals surface area contributed by atoms with Crippen molar-refractivity contribution in [3.05, 3.63) is 179 Å². The second kappa shape index (κ2) is 12.3. The highest BCUT2D eigenvalue weighted by molar-refractivity contribution is 5.74. The van der Waals surface area contributed by atoms with E-state index in [0.717, 1.165) is 19.3 Å². The Kier molecular flexibility index (Phi) is 7.96. The molecule has 0 N–H and O–H groups in total. The molecule has 0 radical (unpaired) electrons. The van der Waals surface area contributed by atoms with Crippen LogP contribution >= 0.6 is 0 Å². The number of nitrogens with zero attached hydrogens (tertiary/aromatic N) is 1. The lowest BCUT2D eigenvalue weighted by atomic mass is 9.85. The Hall–Kier alpha value is -4.62. The summed E-state index contributed by atoms with van der Waals surface area (Å²) in [7, 11) is 0. The third kappa shape index (κ3) is 6.26. The zero-order valence-electron chi connectivity index (χ0n) is 24.0. The van der Waals surface area contributed by atoms with Gasteiger partial charge in [0.25, 0.3) is 0 Å². The Labute approximate surface area is 245 Å². The van der Waals surface area contributed by atoms with Gasteiger partial charge in [-0.1, -0.05) is 126 Å². The first-order valence-electron chi connectivity index (χ1n) is 14.7. The van der Waals surface area contributed by atoms with E-state index in [2.05, 4.69) is 164 Å². The molecule has 6 rings (SSSR count). The number of allylic oxidation sites excluding steroid dienone is 3. The molecule has 0 saturated heterocycles. The van der Waals surface area contributed by atoms with Gasteiger partial charge in [0.05, 0.1) is 0 Å². The van der Waals surface area contributed by atoms with Crippen LogP contribution in [0.1, 0.15) is 47.9 Å². The van der Waals surface area contributed by atoms with Gasteiger partial charge in [-0.2, -0.15) is 0 Å². The Morgan fingerprint density at radius 2 is 1.22 bits per heavy atom. The first-order valence-corrected chi connectivity index (χ1v) is 14.7. The lowest BCUT2D eigenvalue weighted by Crippen LogP contribution is -2.16. The highest BCUT2D eigenvalue weighted by Crippen LogP contribution is 2.35. The van der Waals surface area contributed by atoms with Gasteiger partial charge in [0.15, 0.2) is 0 Å². The second-order valence-electron chi connectivity index (χ2n) is 11.2. The summed E-state index contributed by atoms with van der Waals surface area (Å²) in [5.41, 5.74) is 12.9.